The van der Waals surface area contributed by atoms with Crippen LogP contribution in [0.25, 0.3) is 0 Å². The molecule has 0 spiro atoms. The van der Waals surface area contributed by atoms with E-state index in [9.17, 15) is 19.2 Å². The predicted molar refractivity (Wildman–Crippen MR) is 173 cm³/mol. The fourth-order valence-corrected chi connectivity index (χ4v) is 6.85. The minimum atomic E-state index is -0.607. The Labute approximate surface area is 273 Å². The summed E-state index contributed by atoms with van der Waals surface area (Å²) in [5, 5.41) is 14.6. The van der Waals surface area contributed by atoms with Crippen molar-refractivity contribution >= 4 is 35.0 Å². The van der Waals surface area contributed by atoms with Gasteiger partial charge in [-0.25, -0.2) is 9.97 Å². The highest BCUT2D eigenvalue weighted by molar-refractivity contribution is 7.09. The van der Waals surface area contributed by atoms with E-state index in [1.807, 2.05) is 44.2 Å². The number of hydrogen-bond acceptors (Lipinski definition) is 9. The minimum Gasteiger partial charge on any atom is -0.443 e. The number of amides is 4. The summed E-state index contributed by atoms with van der Waals surface area (Å²) < 4.78 is 6.01. The average Bonchev–Trinajstić information content (AvgIpc) is 3.70. The summed E-state index contributed by atoms with van der Waals surface area (Å²) in [5.41, 5.74) is 1.36. The fourth-order valence-electron chi connectivity index (χ4n) is 5.83. The first-order chi connectivity index (χ1) is 22.2. The lowest BCUT2D eigenvalue weighted by Gasteiger charge is -2.30. The number of aryl methyl sites for hydroxylation is 1. The summed E-state index contributed by atoms with van der Waals surface area (Å²) in [6, 6.07) is 8.62. The van der Waals surface area contributed by atoms with E-state index in [1.54, 1.807) is 17.2 Å². The Kier molecular flexibility index (Phi) is 11.2. The summed E-state index contributed by atoms with van der Waals surface area (Å²) in [7, 11) is 0. The number of fused-ring (bicyclic) bond motifs is 4. The third-order valence-electron chi connectivity index (χ3n) is 8.38. The van der Waals surface area contributed by atoms with E-state index in [0.29, 0.717) is 43.2 Å². The number of benzene rings is 1. The summed E-state index contributed by atoms with van der Waals surface area (Å²) in [5.74, 6) is -0.553. The van der Waals surface area contributed by atoms with Crippen LogP contribution in [-0.4, -0.2) is 71.2 Å². The van der Waals surface area contributed by atoms with Gasteiger partial charge in [-0.05, 0) is 44.2 Å². The van der Waals surface area contributed by atoms with E-state index >= 15 is 0 Å². The van der Waals surface area contributed by atoms with Crippen molar-refractivity contribution in [3.8, 4) is 0 Å². The van der Waals surface area contributed by atoms with Crippen LogP contribution in [0.4, 0.5) is 0 Å². The molecule has 0 aliphatic carbocycles. The molecule has 2 aromatic heterocycles. The van der Waals surface area contributed by atoms with E-state index in [1.165, 1.54) is 11.3 Å². The number of rotatable bonds is 4. The molecule has 4 N–H and O–H groups in total. The van der Waals surface area contributed by atoms with Gasteiger partial charge in [0.25, 0.3) is 11.8 Å². The maximum Gasteiger partial charge on any atom is 0.274 e. The Morgan fingerprint density at radius 2 is 1.85 bits per heavy atom. The SMILES string of the molecule is Cc1oc2nc1C(=O)N[C@@H](C(C)C)c1nc(cs1)C(=O)NCCN(C(=O)[C@@H]1CCCNC1)CCCC(=O)N[C@H]2Cc1ccccc1. The van der Waals surface area contributed by atoms with Crippen molar-refractivity contribution in [2.75, 3.05) is 32.7 Å². The van der Waals surface area contributed by atoms with Gasteiger partial charge in [0.15, 0.2) is 5.69 Å². The average molecular weight is 650 g/mol. The Balaban J connectivity index is 1.43. The normalized spacial score (nSPS) is 22.1. The zero-order valence-electron chi connectivity index (χ0n) is 26.6. The first kappa shape index (κ1) is 33.3. The second-order valence-electron chi connectivity index (χ2n) is 12.3. The topological polar surface area (TPSA) is 159 Å². The van der Waals surface area contributed by atoms with Gasteiger partial charge in [-0.3, -0.25) is 19.2 Å². The summed E-state index contributed by atoms with van der Waals surface area (Å²) in [6.45, 7) is 8.06. The molecule has 2 aliphatic rings. The number of oxazole rings is 1. The maximum atomic E-state index is 13.5. The van der Waals surface area contributed by atoms with Crippen LogP contribution < -0.4 is 21.3 Å². The van der Waals surface area contributed by atoms with Crippen molar-refractivity contribution in [3.05, 3.63) is 69.3 Å². The van der Waals surface area contributed by atoms with Crippen LogP contribution in [0, 0.1) is 18.8 Å². The molecule has 46 heavy (non-hydrogen) atoms. The molecule has 246 valence electrons. The van der Waals surface area contributed by atoms with Crippen molar-refractivity contribution < 1.29 is 23.6 Å². The molecule has 0 unspecified atom stereocenters. The van der Waals surface area contributed by atoms with Gasteiger partial charge in [0.05, 0.1) is 12.0 Å². The summed E-state index contributed by atoms with van der Waals surface area (Å²) >= 11 is 1.30. The molecule has 4 heterocycles. The number of thiazole rings is 1. The molecule has 1 fully saturated rings. The Morgan fingerprint density at radius 1 is 1.04 bits per heavy atom. The van der Waals surface area contributed by atoms with Gasteiger partial charge in [0.2, 0.25) is 17.7 Å². The molecule has 12 nitrogen and oxygen atoms in total. The first-order valence-corrected chi connectivity index (χ1v) is 16.9. The lowest BCUT2D eigenvalue weighted by molar-refractivity contribution is -0.136. The van der Waals surface area contributed by atoms with Crippen LogP contribution in [0.5, 0.6) is 0 Å². The summed E-state index contributed by atoms with van der Waals surface area (Å²) in [4.78, 5) is 64.2. The van der Waals surface area contributed by atoms with Gasteiger partial charge in [-0.2, -0.15) is 0 Å². The van der Waals surface area contributed by atoms with Crippen molar-refractivity contribution in [2.24, 2.45) is 11.8 Å². The lowest BCUT2D eigenvalue weighted by Crippen LogP contribution is -2.46. The molecule has 13 heteroatoms. The molecule has 4 amide bonds. The van der Waals surface area contributed by atoms with Crippen molar-refractivity contribution in [3.63, 3.8) is 0 Å². The highest BCUT2D eigenvalue weighted by Gasteiger charge is 2.30. The van der Waals surface area contributed by atoms with Crippen LogP contribution in [0.1, 0.15) is 94.8 Å². The standard InChI is InChI=1S/C33H43N7O5S/c1-20(2)27-32-37-25(19-46-32)29(42)35-14-16-40(33(44)23-11-7-13-34-18-23)15-8-12-26(41)36-24(17-22-9-5-4-6-10-22)31-39-28(21(3)45-31)30(43)38-27/h4-6,9-10,19-20,23-24,27,34H,7-8,11-18H2,1-3H3,(H,35,42)(H,36,41)(H,38,43)/t23-,24+,27+/m1/s1. The second kappa shape index (κ2) is 15.5. The molecule has 0 saturated carbocycles. The molecular weight excluding hydrogens is 606 g/mol. The van der Waals surface area contributed by atoms with Gasteiger partial charge in [0.1, 0.15) is 22.5 Å². The third kappa shape index (κ3) is 8.38. The summed E-state index contributed by atoms with van der Waals surface area (Å²) in [6.07, 6.45) is 2.77. The molecule has 5 rings (SSSR count). The van der Waals surface area contributed by atoms with E-state index in [2.05, 4.69) is 31.2 Å². The number of carbonyl (C=O) groups excluding carboxylic acids is 4. The Hall–Kier alpha value is -4.10. The minimum absolute atomic E-state index is 0.0280. The second-order valence-corrected chi connectivity index (χ2v) is 13.2. The monoisotopic (exact) mass is 649 g/mol. The third-order valence-corrected chi connectivity index (χ3v) is 9.30. The lowest BCUT2D eigenvalue weighted by atomic mass is 9.98. The zero-order chi connectivity index (χ0) is 32.6. The number of carbonyl (C=O) groups is 4. The molecule has 4 bridgehead atoms. The van der Waals surface area contributed by atoms with Gasteiger partial charge >= 0.3 is 0 Å². The predicted octanol–water partition coefficient (Wildman–Crippen LogP) is 3.32. The van der Waals surface area contributed by atoms with Crippen LogP contribution in [0.3, 0.4) is 0 Å². The van der Waals surface area contributed by atoms with Gasteiger partial charge in [-0.1, -0.05) is 44.2 Å². The molecule has 1 aromatic carbocycles. The van der Waals surface area contributed by atoms with Crippen LogP contribution >= 0.6 is 11.3 Å². The Bertz CT molecular complexity index is 1520. The zero-order valence-corrected chi connectivity index (χ0v) is 27.5. The first-order valence-electron chi connectivity index (χ1n) is 16.0. The molecular formula is C33H43N7O5S. The molecule has 2 aliphatic heterocycles. The highest BCUT2D eigenvalue weighted by atomic mass is 32.1. The number of hydrogen-bond donors (Lipinski definition) is 4. The van der Waals surface area contributed by atoms with E-state index in [-0.39, 0.29) is 59.8 Å². The highest BCUT2D eigenvalue weighted by Crippen LogP contribution is 2.27. The Morgan fingerprint density at radius 3 is 2.59 bits per heavy atom. The van der Waals surface area contributed by atoms with Crippen LogP contribution in [-0.2, 0) is 16.0 Å². The van der Waals surface area contributed by atoms with Crippen molar-refractivity contribution in [1.29, 1.82) is 0 Å². The molecule has 3 aromatic rings. The quantitative estimate of drug-likeness (QED) is 0.335. The van der Waals surface area contributed by atoms with Gasteiger partial charge < -0.3 is 30.6 Å². The number of nitrogens with one attached hydrogen (secondary N) is 4. The van der Waals surface area contributed by atoms with E-state index in [4.69, 9.17) is 4.42 Å². The fraction of sp³-hybridized carbons (Fsp3) is 0.515. The van der Waals surface area contributed by atoms with E-state index in [0.717, 1.165) is 24.9 Å². The van der Waals surface area contributed by atoms with Crippen molar-refractivity contribution in [2.45, 2.75) is 65.0 Å². The number of piperidine rings is 1. The largest absolute Gasteiger partial charge is 0.443 e. The van der Waals surface area contributed by atoms with Crippen LogP contribution in [0.2, 0.25) is 0 Å². The van der Waals surface area contributed by atoms with Gasteiger partial charge in [0, 0.05) is 44.4 Å². The molecule has 0 radical (unpaired) electrons. The van der Waals surface area contributed by atoms with Gasteiger partial charge in [-0.15, -0.1) is 11.3 Å². The maximum absolute atomic E-state index is 13.5. The smallest absolute Gasteiger partial charge is 0.274 e. The van der Waals surface area contributed by atoms with Crippen LogP contribution in [0.15, 0.2) is 40.1 Å². The molecule has 3 atom stereocenters. The number of aromatic nitrogens is 2. The van der Waals surface area contributed by atoms with E-state index < -0.39 is 18.0 Å². The van der Waals surface area contributed by atoms with Crippen molar-refractivity contribution in [1.82, 2.24) is 36.1 Å². The molecule has 1 saturated heterocycles. The number of nitrogens with zero attached hydrogens (tertiary/aromatic N) is 3.